The molecule has 0 saturated carbocycles. The van der Waals surface area contributed by atoms with Crippen LogP contribution in [0.25, 0.3) is 10.2 Å². The summed E-state index contributed by atoms with van der Waals surface area (Å²) in [5.74, 6) is 0.721. The van der Waals surface area contributed by atoms with Crippen LogP contribution < -0.4 is 0 Å². The fourth-order valence-electron chi connectivity index (χ4n) is 2.01. The maximum absolute atomic E-state index is 12.1. The molecule has 0 atom stereocenters. The third-order valence-electron chi connectivity index (χ3n) is 3.11. The molecular weight excluding hydrogens is 298 g/mol. The van der Waals surface area contributed by atoms with Gasteiger partial charge in [0, 0.05) is 4.90 Å². The summed E-state index contributed by atoms with van der Waals surface area (Å²) in [5, 5.41) is 0.908. The van der Waals surface area contributed by atoms with Crippen molar-refractivity contribution in [2.24, 2.45) is 0 Å². The number of para-hydroxylation sites is 1. The molecule has 0 saturated heterocycles. The normalized spacial score (nSPS) is 10.9. The summed E-state index contributed by atoms with van der Waals surface area (Å²) in [4.78, 5) is 17.7. The number of aromatic nitrogens is 1. The minimum Gasteiger partial charge on any atom is -0.298 e. The summed E-state index contributed by atoms with van der Waals surface area (Å²) in [6.07, 6.45) is 0.429. The van der Waals surface area contributed by atoms with Crippen molar-refractivity contribution < 1.29 is 4.79 Å². The van der Waals surface area contributed by atoms with Crippen molar-refractivity contribution in [2.75, 3.05) is 5.75 Å². The van der Waals surface area contributed by atoms with E-state index in [0.29, 0.717) is 12.2 Å². The number of thiazole rings is 1. The molecule has 0 aliphatic rings. The predicted octanol–water partition coefficient (Wildman–Crippen LogP) is 4.51. The molecule has 0 unspecified atom stereocenters. The summed E-state index contributed by atoms with van der Waals surface area (Å²) >= 11 is 3.20. The number of aryl methyl sites for hydroxylation is 1. The molecular formula is C17H15NOS2. The quantitative estimate of drug-likeness (QED) is 0.649. The van der Waals surface area contributed by atoms with Crippen molar-refractivity contribution in [3.63, 3.8) is 0 Å². The van der Waals surface area contributed by atoms with Crippen LogP contribution in [-0.4, -0.2) is 16.5 Å². The lowest BCUT2D eigenvalue weighted by molar-refractivity contribution is -0.115. The zero-order valence-electron chi connectivity index (χ0n) is 11.7. The number of hydrogen-bond acceptors (Lipinski definition) is 4. The minimum atomic E-state index is 0.222. The van der Waals surface area contributed by atoms with Crippen LogP contribution in [0.2, 0.25) is 0 Å². The molecule has 0 N–H and O–H groups in total. The Morgan fingerprint density at radius 3 is 2.67 bits per heavy atom. The second-order valence-corrected chi connectivity index (χ2v) is 7.06. The van der Waals surface area contributed by atoms with Crippen LogP contribution in [0.1, 0.15) is 10.6 Å². The molecule has 0 fully saturated rings. The van der Waals surface area contributed by atoms with Crippen molar-refractivity contribution in [1.29, 1.82) is 0 Å². The summed E-state index contributed by atoms with van der Waals surface area (Å²) in [6, 6.07) is 16.3. The number of hydrogen-bond donors (Lipinski definition) is 0. The first-order chi connectivity index (χ1) is 10.2. The van der Waals surface area contributed by atoms with Gasteiger partial charge in [-0.25, -0.2) is 4.98 Å². The van der Waals surface area contributed by atoms with Crippen LogP contribution in [0.15, 0.2) is 53.4 Å². The number of thioether (sulfide) groups is 1. The van der Waals surface area contributed by atoms with E-state index in [4.69, 9.17) is 0 Å². The molecule has 4 heteroatoms. The molecule has 0 bridgehead atoms. The minimum absolute atomic E-state index is 0.222. The molecule has 2 nitrogen and oxygen atoms in total. The van der Waals surface area contributed by atoms with E-state index in [9.17, 15) is 4.79 Å². The number of carbonyl (C=O) groups is 1. The fourth-order valence-corrected chi connectivity index (χ4v) is 3.77. The van der Waals surface area contributed by atoms with Crippen LogP contribution in [-0.2, 0) is 11.2 Å². The molecule has 3 aromatic rings. The number of rotatable bonds is 5. The smallest absolute Gasteiger partial charge is 0.149 e. The predicted molar refractivity (Wildman–Crippen MR) is 90.2 cm³/mol. The Morgan fingerprint density at radius 2 is 1.90 bits per heavy atom. The molecule has 3 rings (SSSR count). The van der Waals surface area contributed by atoms with Gasteiger partial charge in [-0.3, -0.25) is 4.79 Å². The zero-order chi connectivity index (χ0) is 14.7. The molecule has 0 radical (unpaired) electrons. The molecule has 1 heterocycles. The van der Waals surface area contributed by atoms with E-state index in [-0.39, 0.29) is 5.78 Å². The summed E-state index contributed by atoms with van der Waals surface area (Å²) in [6.45, 7) is 2.06. The van der Waals surface area contributed by atoms with E-state index in [0.717, 1.165) is 20.1 Å². The lowest BCUT2D eigenvalue weighted by Gasteiger charge is -2.01. The lowest BCUT2D eigenvalue weighted by Crippen LogP contribution is -2.05. The Labute approximate surface area is 132 Å². The van der Waals surface area contributed by atoms with Gasteiger partial charge in [0.25, 0.3) is 0 Å². The average molecular weight is 313 g/mol. The molecule has 1 aromatic heterocycles. The SMILES string of the molecule is Cc1ccc(SCC(=O)Cc2nc3ccccc3s2)cc1. The molecule has 0 aliphatic carbocycles. The van der Waals surface area contributed by atoms with Gasteiger partial charge in [0.15, 0.2) is 0 Å². The highest BCUT2D eigenvalue weighted by molar-refractivity contribution is 8.00. The van der Waals surface area contributed by atoms with Gasteiger partial charge in [-0.15, -0.1) is 23.1 Å². The summed E-state index contributed by atoms with van der Waals surface area (Å²) in [5.41, 5.74) is 2.22. The topological polar surface area (TPSA) is 30.0 Å². The standard InChI is InChI=1S/C17H15NOS2/c1-12-6-8-14(9-7-12)20-11-13(19)10-17-18-15-4-2-3-5-16(15)21-17/h2-9H,10-11H2,1H3. The largest absolute Gasteiger partial charge is 0.298 e. The van der Waals surface area contributed by atoms with Gasteiger partial charge in [-0.1, -0.05) is 29.8 Å². The highest BCUT2D eigenvalue weighted by Crippen LogP contribution is 2.23. The fraction of sp³-hybridized carbons (Fsp3) is 0.176. The van der Waals surface area contributed by atoms with Crippen LogP contribution in [0.5, 0.6) is 0 Å². The molecule has 0 spiro atoms. The number of nitrogens with zero attached hydrogens (tertiary/aromatic N) is 1. The van der Waals surface area contributed by atoms with E-state index in [2.05, 4.69) is 36.2 Å². The summed E-state index contributed by atoms with van der Waals surface area (Å²) in [7, 11) is 0. The third kappa shape index (κ3) is 3.71. The van der Waals surface area contributed by atoms with Gasteiger partial charge in [0.1, 0.15) is 10.8 Å². The van der Waals surface area contributed by atoms with Crippen molar-refractivity contribution in [3.8, 4) is 0 Å². The average Bonchev–Trinajstić information content (AvgIpc) is 2.88. The Kier molecular flexibility index (Phi) is 4.36. The highest BCUT2D eigenvalue weighted by Gasteiger charge is 2.09. The Bertz CT molecular complexity index is 729. The monoisotopic (exact) mass is 313 g/mol. The molecule has 2 aromatic carbocycles. The highest BCUT2D eigenvalue weighted by atomic mass is 32.2. The van der Waals surface area contributed by atoms with E-state index >= 15 is 0 Å². The van der Waals surface area contributed by atoms with Crippen LogP contribution in [0, 0.1) is 6.92 Å². The van der Waals surface area contributed by atoms with Crippen molar-refractivity contribution in [1.82, 2.24) is 4.98 Å². The van der Waals surface area contributed by atoms with Gasteiger partial charge in [0.05, 0.1) is 22.4 Å². The summed E-state index contributed by atoms with van der Waals surface area (Å²) < 4.78 is 1.14. The van der Waals surface area contributed by atoms with Gasteiger partial charge < -0.3 is 0 Å². The zero-order valence-corrected chi connectivity index (χ0v) is 13.3. The van der Waals surface area contributed by atoms with Crippen molar-refractivity contribution in [3.05, 3.63) is 59.1 Å². The van der Waals surface area contributed by atoms with Crippen molar-refractivity contribution >= 4 is 39.1 Å². The molecule has 0 amide bonds. The first kappa shape index (κ1) is 14.3. The van der Waals surface area contributed by atoms with Gasteiger partial charge in [-0.05, 0) is 31.2 Å². The van der Waals surface area contributed by atoms with Gasteiger partial charge in [0.2, 0.25) is 0 Å². The van der Waals surface area contributed by atoms with Gasteiger partial charge >= 0.3 is 0 Å². The maximum Gasteiger partial charge on any atom is 0.149 e. The second-order valence-electron chi connectivity index (χ2n) is 4.89. The molecule has 0 aliphatic heterocycles. The van der Waals surface area contributed by atoms with Crippen molar-refractivity contribution in [2.45, 2.75) is 18.2 Å². The van der Waals surface area contributed by atoms with Crippen LogP contribution in [0.3, 0.4) is 0 Å². The Morgan fingerprint density at radius 1 is 1.14 bits per heavy atom. The van der Waals surface area contributed by atoms with Gasteiger partial charge in [-0.2, -0.15) is 0 Å². The molecule has 106 valence electrons. The number of fused-ring (bicyclic) bond motifs is 1. The van der Waals surface area contributed by atoms with E-state index in [1.807, 2.05) is 24.3 Å². The first-order valence-corrected chi connectivity index (χ1v) is 8.56. The maximum atomic E-state index is 12.1. The van der Waals surface area contributed by atoms with Crippen LogP contribution in [0.4, 0.5) is 0 Å². The number of Topliss-reactive ketones (excluding diaryl/α,β-unsaturated/α-hetero) is 1. The number of ketones is 1. The number of carbonyl (C=O) groups excluding carboxylic acids is 1. The van der Waals surface area contributed by atoms with E-state index in [1.165, 1.54) is 5.56 Å². The third-order valence-corrected chi connectivity index (χ3v) is 5.22. The van der Waals surface area contributed by atoms with E-state index in [1.54, 1.807) is 23.1 Å². The second kappa shape index (κ2) is 6.41. The lowest BCUT2D eigenvalue weighted by atomic mass is 10.2. The Balaban J connectivity index is 1.59. The van der Waals surface area contributed by atoms with E-state index < -0.39 is 0 Å². The first-order valence-electron chi connectivity index (χ1n) is 6.76. The number of benzene rings is 2. The Hall–Kier alpha value is -1.65. The molecule has 21 heavy (non-hydrogen) atoms. The van der Waals surface area contributed by atoms with Crippen LogP contribution >= 0.6 is 23.1 Å².